The summed E-state index contributed by atoms with van der Waals surface area (Å²) in [6, 6.07) is 5.95. The number of rotatable bonds is 6. The van der Waals surface area contributed by atoms with E-state index >= 15 is 0 Å². The van der Waals surface area contributed by atoms with Crippen molar-refractivity contribution in [3.63, 3.8) is 0 Å². The fourth-order valence-electron chi connectivity index (χ4n) is 2.30. The van der Waals surface area contributed by atoms with Gasteiger partial charge in [0, 0.05) is 11.1 Å². The van der Waals surface area contributed by atoms with Crippen LogP contribution in [0.1, 0.15) is 41.6 Å². The second-order valence-corrected chi connectivity index (χ2v) is 6.31. The highest BCUT2D eigenvalue weighted by molar-refractivity contribution is 7.09. The topological polar surface area (TPSA) is 79.3 Å². The zero-order valence-corrected chi connectivity index (χ0v) is 14.2. The van der Waals surface area contributed by atoms with E-state index in [1.165, 1.54) is 11.3 Å². The summed E-state index contributed by atoms with van der Waals surface area (Å²) >= 11 is 1.32. The van der Waals surface area contributed by atoms with Crippen LogP contribution in [0.25, 0.3) is 0 Å². The average molecular weight is 332 g/mol. The number of hydrogen-bond acceptors (Lipinski definition) is 4. The Hall–Kier alpha value is -2.21. The smallest absolute Gasteiger partial charge is 0.309 e. The third-order valence-electron chi connectivity index (χ3n) is 3.65. The molecule has 0 radical (unpaired) electrons. The predicted octanol–water partition coefficient (Wildman–Crippen LogP) is 3.38. The molecule has 0 saturated heterocycles. The standard InChI is InChI=1S/C17H20N2O3S/c1-4-12-7-5-6-10(2)15(12)19-16(22)11(3)17-18-13(9-23-17)8-14(20)21/h5-7,9,11H,4,8H2,1-3H3,(H,19,22)(H,20,21). The molecule has 2 N–H and O–H groups in total. The van der Waals surface area contributed by atoms with E-state index in [0.29, 0.717) is 10.7 Å². The molecule has 0 aliphatic rings. The summed E-state index contributed by atoms with van der Waals surface area (Å²) in [5.41, 5.74) is 3.46. The SMILES string of the molecule is CCc1cccc(C)c1NC(=O)C(C)c1nc(CC(=O)O)cs1. The molecule has 0 spiro atoms. The molecule has 1 aromatic heterocycles. The lowest BCUT2D eigenvalue weighted by atomic mass is 10.0. The maximum absolute atomic E-state index is 12.5. The Balaban J connectivity index is 2.14. The van der Waals surface area contributed by atoms with Gasteiger partial charge in [-0.1, -0.05) is 25.1 Å². The van der Waals surface area contributed by atoms with Crippen molar-refractivity contribution < 1.29 is 14.7 Å². The van der Waals surface area contributed by atoms with Crippen molar-refractivity contribution in [2.75, 3.05) is 5.32 Å². The van der Waals surface area contributed by atoms with Gasteiger partial charge in [-0.2, -0.15) is 0 Å². The molecule has 1 heterocycles. The van der Waals surface area contributed by atoms with Crippen molar-refractivity contribution in [3.8, 4) is 0 Å². The molecule has 1 atom stereocenters. The van der Waals surface area contributed by atoms with Crippen LogP contribution in [0.15, 0.2) is 23.6 Å². The van der Waals surface area contributed by atoms with Gasteiger partial charge in [-0.3, -0.25) is 9.59 Å². The van der Waals surface area contributed by atoms with Crippen molar-refractivity contribution in [1.82, 2.24) is 4.98 Å². The number of aliphatic carboxylic acids is 1. The number of aromatic nitrogens is 1. The molecule has 1 unspecified atom stereocenters. The number of carbonyl (C=O) groups excluding carboxylic acids is 1. The minimum Gasteiger partial charge on any atom is -0.481 e. The van der Waals surface area contributed by atoms with Gasteiger partial charge in [0.05, 0.1) is 18.0 Å². The molecule has 0 aliphatic heterocycles. The fourth-order valence-corrected chi connectivity index (χ4v) is 3.18. The maximum atomic E-state index is 12.5. The first kappa shape index (κ1) is 17.1. The van der Waals surface area contributed by atoms with E-state index in [2.05, 4.69) is 10.3 Å². The monoisotopic (exact) mass is 332 g/mol. The Morgan fingerprint density at radius 1 is 1.39 bits per heavy atom. The molecule has 0 fully saturated rings. The number of carbonyl (C=O) groups is 2. The Bertz CT molecular complexity index is 724. The molecule has 1 aromatic carbocycles. The predicted molar refractivity (Wildman–Crippen MR) is 91.1 cm³/mol. The third kappa shape index (κ3) is 4.16. The number of aryl methyl sites for hydroxylation is 2. The molecule has 1 amide bonds. The molecule has 6 heteroatoms. The summed E-state index contributed by atoms with van der Waals surface area (Å²) in [6.07, 6.45) is 0.717. The van der Waals surface area contributed by atoms with Gasteiger partial charge in [-0.25, -0.2) is 4.98 Å². The molecule has 23 heavy (non-hydrogen) atoms. The Morgan fingerprint density at radius 3 is 2.78 bits per heavy atom. The van der Waals surface area contributed by atoms with Crippen LogP contribution in [-0.4, -0.2) is 22.0 Å². The quantitative estimate of drug-likeness (QED) is 0.850. The van der Waals surface area contributed by atoms with Crippen LogP contribution in [0.2, 0.25) is 0 Å². The Morgan fingerprint density at radius 2 is 2.13 bits per heavy atom. The molecule has 0 saturated carbocycles. The Kier molecular flexibility index (Phi) is 5.50. The lowest BCUT2D eigenvalue weighted by molar-refractivity contribution is -0.136. The zero-order chi connectivity index (χ0) is 17.0. The first-order chi connectivity index (χ1) is 10.9. The second-order valence-electron chi connectivity index (χ2n) is 5.42. The number of para-hydroxylation sites is 1. The molecular formula is C17H20N2O3S. The molecule has 122 valence electrons. The zero-order valence-electron chi connectivity index (χ0n) is 13.4. The summed E-state index contributed by atoms with van der Waals surface area (Å²) in [6.45, 7) is 5.79. The number of benzene rings is 1. The highest BCUT2D eigenvalue weighted by Gasteiger charge is 2.20. The van der Waals surface area contributed by atoms with Crippen LogP contribution < -0.4 is 5.32 Å². The number of carboxylic acids is 1. The van der Waals surface area contributed by atoms with Gasteiger partial charge in [0.1, 0.15) is 5.01 Å². The number of thiazole rings is 1. The first-order valence-electron chi connectivity index (χ1n) is 7.47. The maximum Gasteiger partial charge on any atom is 0.309 e. The number of nitrogens with zero attached hydrogens (tertiary/aromatic N) is 1. The van der Waals surface area contributed by atoms with E-state index in [1.54, 1.807) is 12.3 Å². The Labute approximate surface area is 139 Å². The van der Waals surface area contributed by atoms with Crippen molar-refractivity contribution in [2.45, 2.75) is 39.5 Å². The van der Waals surface area contributed by atoms with Crippen LogP contribution in [0, 0.1) is 6.92 Å². The molecule has 2 rings (SSSR count). The van der Waals surface area contributed by atoms with Gasteiger partial charge in [0.15, 0.2) is 0 Å². The lowest BCUT2D eigenvalue weighted by Crippen LogP contribution is -2.20. The van der Waals surface area contributed by atoms with Gasteiger partial charge >= 0.3 is 5.97 Å². The molecule has 0 aliphatic carbocycles. The van der Waals surface area contributed by atoms with Gasteiger partial charge in [0.25, 0.3) is 0 Å². The van der Waals surface area contributed by atoms with E-state index in [9.17, 15) is 9.59 Å². The summed E-state index contributed by atoms with van der Waals surface area (Å²) in [5.74, 6) is -1.48. The molecule has 0 bridgehead atoms. The normalized spacial score (nSPS) is 12.0. The first-order valence-corrected chi connectivity index (χ1v) is 8.35. The van der Waals surface area contributed by atoms with Crippen molar-refractivity contribution in [2.24, 2.45) is 0 Å². The lowest BCUT2D eigenvalue weighted by Gasteiger charge is -2.15. The van der Waals surface area contributed by atoms with Crippen LogP contribution in [0.5, 0.6) is 0 Å². The molecule has 5 nitrogen and oxygen atoms in total. The summed E-state index contributed by atoms with van der Waals surface area (Å²) in [7, 11) is 0. The van der Waals surface area contributed by atoms with Gasteiger partial charge < -0.3 is 10.4 Å². The largest absolute Gasteiger partial charge is 0.481 e. The number of hydrogen-bond donors (Lipinski definition) is 2. The van der Waals surface area contributed by atoms with Gasteiger partial charge in [-0.05, 0) is 31.4 Å². The summed E-state index contributed by atoms with van der Waals surface area (Å²) in [4.78, 5) is 27.5. The third-order valence-corrected chi connectivity index (χ3v) is 4.73. The van der Waals surface area contributed by atoms with E-state index in [0.717, 1.165) is 23.2 Å². The van der Waals surface area contributed by atoms with Crippen molar-refractivity contribution in [1.29, 1.82) is 0 Å². The van der Waals surface area contributed by atoms with Crippen LogP contribution >= 0.6 is 11.3 Å². The minimum atomic E-state index is -0.925. The van der Waals surface area contributed by atoms with Crippen molar-refractivity contribution >= 4 is 28.9 Å². The average Bonchev–Trinajstić information content (AvgIpc) is 2.95. The fraction of sp³-hybridized carbons (Fsp3) is 0.353. The number of anilines is 1. The summed E-state index contributed by atoms with van der Waals surface area (Å²) in [5, 5.41) is 14.1. The number of carboxylic acid groups (broad SMARTS) is 1. The minimum absolute atomic E-state index is 0.122. The highest BCUT2D eigenvalue weighted by Crippen LogP contribution is 2.25. The van der Waals surface area contributed by atoms with Crippen LogP contribution in [0.3, 0.4) is 0 Å². The highest BCUT2D eigenvalue weighted by atomic mass is 32.1. The molecule has 2 aromatic rings. The van der Waals surface area contributed by atoms with Crippen LogP contribution in [0.4, 0.5) is 5.69 Å². The van der Waals surface area contributed by atoms with E-state index in [1.807, 2.05) is 32.0 Å². The van der Waals surface area contributed by atoms with Crippen LogP contribution in [-0.2, 0) is 22.4 Å². The van der Waals surface area contributed by atoms with E-state index < -0.39 is 11.9 Å². The second kappa shape index (κ2) is 7.37. The van der Waals surface area contributed by atoms with E-state index in [-0.39, 0.29) is 12.3 Å². The van der Waals surface area contributed by atoms with E-state index in [4.69, 9.17) is 5.11 Å². The number of amides is 1. The molecular weight excluding hydrogens is 312 g/mol. The summed E-state index contributed by atoms with van der Waals surface area (Å²) < 4.78 is 0. The number of nitrogens with one attached hydrogen (secondary N) is 1. The van der Waals surface area contributed by atoms with Gasteiger partial charge in [0.2, 0.25) is 5.91 Å². The van der Waals surface area contributed by atoms with Gasteiger partial charge in [-0.15, -0.1) is 11.3 Å². The van der Waals surface area contributed by atoms with Crippen molar-refractivity contribution in [3.05, 3.63) is 45.4 Å².